The molecule has 0 aliphatic carbocycles. The monoisotopic (exact) mass is 697 g/mol. The number of halogens is 1. The van der Waals surface area contributed by atoms with Crippen molar-refractivity contribution in [1.29, 1.82) is 0 Å². The molecule has 1 heterocycles. The number of carbonyl (C=O) groups excluding carboxylic acids is 4. The molecule has 0 spiro atoms. The van der Waals surface area contributed by atoms with Gasteiger partial charge in [0.05, 0.1) is 16.8 Å². The number of imide groups is 2. The van der Waals surface area contributed by atoms with Crippen LogP contribution in [0.15, 0.2) is 95.0 Å². The molecule has 2 N–H and O–H groups in total. The Kier molecular flexibility index (Phi) is 10.4. The fraction of sp³-hybridized carbons (Fsp3) is 0.167. The molecule has 1 aliphatic heterocycles. The van der Waals surface area contributed by atoms with Crippen LogP contribution in [0, 0.1) is 13.8 Å². The summed E-state index contributed by atoms with van der Waals surface area (Å²) in [6.45, 7) is 6.09. The predicted molar refractivity (Wildman–Crippen MR) is 182 cm³/mol. The molecule has 0 aromatic heterocycles. The SMILES string of the molecule is CCOc1cc(/C=C2/C(=O)NC(=O)N(c3ccc(OCc4ccccc4)cc3)C2=O)cc(Br)c1OCC(=O)Nc1ccc(C)c(C)c1. The topological polar surface area (TPSA) is 123 Å². The number of nitrogens with one attached hydrogen (secondary N) is 2. The number of anilines is 2. The smallest absolute Gasteiger partial charge is 0.335 e. The van der Waals surface area contributed by atoms with Crippen molar-refractivity contribution in [2.24, 2.45) is 0 Å². The molecule has 1 aliphatic rings. The van der Waals surface area contributed by atoms with Crippen LogP contribution in [0.4, 0.5) is 16.2 Å². The Morgan fingerprint density at radius 3 is 2.34 bits per heavy atom. The molecule has 0 saturated carbocycles. The maximum atomic E-state index is 13.5. The van der Waals surface area contributed by atoms with Crippen molar-refractivity contribution in [2.45, 2.75) is 27.4 Å². The zero-order valence-electron chi connectivity index (χ0n) is 26.0. The van der Waals surface area contributed by atoms with E-state index in [0.717, 1.165) is 21.6 Å². The number of carbonyl (C=O) groups is 4. The number of nitrogens with zero attached hydrogens (tertiary/aromatic N) is 1. The summed E-state index contributed by atoms with van der Waals surface area (Å²) >= 11 is 3.46. The minimum absolute atomic E-state index is 0.259. The molecular weight excluding hydrogens is 666 g/mol. The van der Waals surface area contributed by atoms with E-state index >= 15 is 0 Å². The van der Waals surface area contributed by atoms with E-state index in [1.54, 1.807) is 43.3 Å². The summed E-state index contributed by atoms with van der Waals surface area (Å²) in [7, 11) is 0. The van der Waals surface area contributed by atoms with Crippen LogP contribution in [0.5, 0.6) is 17.2 Å². The lowest BCUT2D eigenvalue weighted by atomic mass is 10.1. The first kappa shape index (κ1) is 33.0. The molecule has 240 valence electrons. The third-order valence-corrected chi connectivity index (χ3v) is 7.81. The minimum atomic E-state index is -0.867. The molecule has 10 nitrogen and oxygen atoms in total. The van der Waals surface area contributed by atoms with Gasteiger partial charge in [0.25, 0.3) is 17.7 Å². The average Bonchev–Trinajstić information content (AvgIpc) is 3.04. The normalized spacial score (nSPS) is 13.7. The van der Waals surface area contributed by atoms with Gasteiger partial charge < -0.3 is 19.5 Å². The third-order valence-electron chi connectivity index (χ3n) is 7.23. The van der Waals surface area contributed by atoms with Gasteiger partial charge in [-0.1, -0.05) is 36.4 Å². The molecule has 5 amide bonds. The van der Waals surface area contributed by atoms with Crippen molar-refractivity contribution in [3.63, 3.8) is 0 Å². The molecule has 11 heteroatoms. The molecule has 0 radical (unpaired) electrons. The van der Waals surface area contributed by atoms with Gasteiger partial charge in [0, 0.05) is 5.69 Å². The molecule has 0 unspecified atom stereocenters. The summed E-state index contributed by atoms with van der Waals surface area (Å²) in [4.78, 5) is 52.6. The Balaban J connectivity index is 1.32. The van der Waals surface area contributed by atoms with Crippen LogP contribution in [0.1, 0.15) is 29.2 Å². The van der Waals surface area contributed by atoms with Gasteiger partial charge in [-0.3, -0.25) is 19.7 Å². The highest BCUT2D eigenvalue weighted by molar-refractivity contribution is 9.10. The highest BCUT2D eigenvalue weighted by Gasteiger charge is 2.37. The lowest BCUT2D eigenvalue weighted by Gasteiger charge is -2.26. The van der Waals surface area contributed by atoms with Crippen LogP contribution < -0.4 is 29.7 Å². The highest BCUT2D eigenvalue weighted by atomic mass is 79.9. The van der Waals surface area contributed by atoms with Crippen molar-refractivity contribution in [2.75, 3.05) is 23.4 Å². The Morgan fingerprint density at radius 2 is 1.64 bits per heavy atom. The third kappa shape index (κ3) is 8.06. The molecule has 1 saturated heterocycles. The molecule has 0 bridgehead atoms. The van der Waals surface area contributed by atoms with Gasteiger partial charge >= 0.3 is 6.03 Å². The number of aryl methyl sites for hydroxylation is 2. The first-order valence-corrected chi connectivity index (χ1v) is 15.6. The number of barbiturate groups is 1. The van der Waals surface area contributed by atoms with Gasteiger partial charge in [0.1, 0.15) is 17.9 Å². The van der Waals surface area contributed by atoms with Crippen LogP contribution in [0.2, 0.25) is 0 Å². The zero-order valence-corrected chi connectivity index (χ0v) is 27.6. The van der Waals surface area contributed by atoms with E-state index in [9.17, 15) is 19.2 Å². The molecule has 47 heavy (non-hydrogen) atoms. The fourth-order valence-corrected chi connectivity index (χ4v) is 5.29. The van der Waals surface area contributed by atoms with Crippen molar-refractivity contribution in [3.05, 3.63) is 117 Å². The van der Waals surface area contributed by atoms with Gasteiger partial charge in [-0.15, -0.1) is 0 Å². The molecule has 4 aromatic rings. The maximum Gasteiger partial charge on any atom is 0.335 e. The summed E-state index contributed by atoms with van der Waals surface area (Å²) < 4.78 is 17.8. The van der Waals surface area contributed by atoms with Crippen LogP contribution in [0.3, 0.4) is 0 Å². The second kappa shape index (κ2) is 14.8. The summed E-state index contributed by atoms with van der Waals surface area (Å²) in [5.74, 6) is -0.887. The van der Waals surface area contributed by atoms with E-state index in [1.807, 2.05) is 62.4 Å². The average molecular weight is 699 g/mol. The fourth-order valence-electron chi connectivity index (χ4n) is 4.72. The first-order chi connectivity index (χ1) is 22.6. The predicted octanol–water partition coefficient (Wildman–Crippen LogP) is 6.73. The maximum absolute atomic E-state index is 13.5. The van der Waals surface area contributed by atoms with Crippen LogP contribution in [0.25, 0.3) is 6.08 Å². The first-order valence-electron chi connectivity index (χ1n) is 14.8. The Bertz CT molecular complexity index is 1860. The summed E-state index contributed by atoms with van der Waals surface area (Å²) in [5.41, 5.74) is 4.24. The van der Waals surface area contributed by atoms with Gasteiger partial charge in [0.2, 0.25) is 0 Å². The van der Waals surface area contributed by atoms with E-state index in [4.69, 9.17) is 14.2 Å². The Labute approximate surface area is 280 Å². The van der Waals surface area contributed by atoms with Gasteiger partial charge in [-0.05, 0) is 114 Å². The van der Waals surface area contributed by atoms with Gasteiger partial charge in [-0.2, -0.15) is 0 Å². The molecule has 5 rings (SSSR count). The van der Waals surface area contributed by atoms with E-state index in [-0.39, 0.29) is 41.9 Å². The summed E-state index contributed by atoms with van der Waals surface area (Å²) in [6, 6.07) is 24.0. The van der Waals surface area contributed by atoms with E-state index in [0.29, 0.717) is 28.1 Å². The summed E-state index contributed by atoms with van der Waals surface area (Å²) in [6.07, 6.45) is 1.36. The van der Waals surface area contributed by atoms with Crippen LogP contribution >= 0.6 is 15.9 Å². The number of rotatable bonds is 11. The molecular formula is C36H32BrN3O7. The highest BCUT2D eigenvalue weighted by Crippen LogP contribution is 2.38. The van der Waals surface area contributed by atoms with Crippen molar-refractivity contribution < 1.29 is 33.4 Å². The number of ether oxygens (including phenoxy) is 3. The number of amides is 5. The number of hydrogen-bond donors (Lipinski definition) is 2. The summed E-state index contributed by atoms with van der Waals surface area (Å²) in [5, 5.41) is 5.04. The quantitative estimate of drug-likeness (QED) is 0.132. The molecule has 0 atom stereocenters. The van der Waals surface area contributed by atoms with E-state index < -0.39 is 17.8 Å². The van der Waals surface area contributed by atoms with E-state index in [2.05, 4.69) is 26.6 Å². The lowest BCUT2D eigenvalue weighted by Crippen LogP contribution is -2.54. The Hall–Kier alpha value is -5.42. The second-order valence-electron chi connectivity index (χ2n) is 10.6. The van der Waals surface area contributed by atoms with Gasteiger partial charge in [-0.25, -0.2) is 9.69 Å². The van der Waals surface area contributed by atoms with Crippen LogP contribution in [-0.4, -0.2) is 37.0 Å². The second-order valence-corrected chi connectivity index (χ2v) is 11.5. The Morgan fingerprint density at radius 1 is 0.894 bits per heavy atom. The van der Waals surface area contributed by atoms with Crippen molar-refractivity contribution in [3.8, 4) is 17.2 Å². The zero-order chi connectivity index (χ0) is 33.5. The minimum Gasteiger partial charge on any atom is -0.490 e. The van der Waals surface area contributed by atoms with Gasteiger partial charge in [0.15, 0.2) is 18.1 Å². The lowest BCUT2D eigenvalue weighted by molar-refractivity contribution is -0.122. The van der Waals surface area contributed by atoms with Crippen molar-refractivity contribution in [1.82, 2.24) is 5.32 Å². The van der Waals surface area contributed by atoms with Crippen LogP contribution in [-0.2, 0) is 21.0 Å². The molecule has 4 aromatic carbocycles. The molecule has 1 fully saturated rings. The van der Waals surface area contributed by atoms with E-state index in [1.165, 1.54) is 6.08 Å². The number of hydrogen-bond acceptors (Lipinski definition) is 7. The standard InChI is InChI=1S/C36H32BrN3O7/c1-4-45-31-19-25(18-30(37)33(31)47-21-32(41)38-26-11-10-22(2)23(3)16-26)17-29-34(42)39-36(44)40(35(29)43)27-12-14-28(15-13-27)46-20-24-8-6-5-7-9-24/h5-19H,4,20-21H2,1-3H3,(H,38,41)(H,39,42,44)/b29-17-. The largest absolute Gasteiger partial charge is 0.490 e. The number of urea groups is 1. The number of benzene rings is 4. The van der Waals surface area contributed by atoms with Crippen molar-refractivity contribution >= 4 is 57.1 Å².